The Labute approximate surface area is 112 Å². The SMILES string of the molecule is CC(CO)(Nc1ccc(N)c(N)n1)c1ccccc1. The second-order valence-corrected chi connectivity index (χ2v) is 4.65. The van der Waals surface area contributed by atoms with Gasteiger partial charge in [0.2, 0.25) is 0 Å². The second kappa shape index (κ2) is 5.16. The Kier molecular flexibility index (Phi) is 3.57. The Bertz CT molecular complexity index is 559. The number of benzene rings is 1. The lowest BCUT2D eigenvalue weighted by Crippen LogP contribution is -2.36. The third-order valence-electron chi connectivity index (χ3n) is 3.09. The molecule has 0 saturated carbocycles. The van der Waals surface area contributed by atoms with Crippen LogP contribution in [0.25, 0.3) is 0 Å². The molecule has 1 aromatic carbocycles. The number of aliphatic hydroxyl groups is 1. The van der Waals surface area contributed by atoms with Crippen molar-refractivity contribution in [3.05, 3.63) is 48.0 Å². The largest absolute Gasteiger partial charge is 0.396 e. The zero-order chi connectivity index (χ0) is 13.9. The van der Waals surface area contributed by atoms with E-state index in [1.807, 2.05) is 37.3 Å². The number of nitrogen functional groups attached to an aromatic ring is 2. The van der Waals surface area contributed by atoms with E-state index in [2.05, 4.69) is 10.3 Å². The fourth-order valence-electron chi connectivity index (χ4n) is 1.85. The van der Waals surface area contributed by atoms with Crippen LogP contribution in [-0.2, 0) is 5.54 Å². The summed E-state index contributed by atoms with van der Waals surface area (Å²) in [6.45, 7) is 1.83. The highest BCUT2D eigenvalue weighted by molar-refractivity contribution is 5.62. The molecule has 5 heteroatoms. The molecule has 1 aromatic heterocycles. The topological polar surface area (TPSA) is 97.2 Å². The summed E-state index contributed by atoms with van der Waals surface area (Å²) in [5.74, 6) is 0.852. The van der Waals surface area contributed by atoms with Gasteiger partial charge in [0.15, 0.2) is 0 Å². The van der Waals surface area contributed by atoms with Crippen molar-refractivity contribution in [1.29, 1.82) is 0 Å². The molecule has 0 aliphatic rings. The Morgan fingerprint density at radius 3 is 2.42 bits per heavy atom. The minimum atomic E-state index is -0.628. The number of nitrogens with zero attached hydrogens (tertiary/aromatic N) is 1. The van der Waals surface area contributed by atoms with Gasteiger partial charge in [-0.25, -0.2) is 4.98 Å². The molecule has 0 aliphatic heterocycles. The van der Waals surface area contributed by atoms with Crippen LogP contribution in [0.5, 0.6) is 0 Å². The first-order valence-electron chi connectivity index (χ1n) is 6.02. The summed E-state index contributed by atoms with van der Waals surface area (Å²) in [4.78, 5) is 4.16. The van der Waals surface area contributed by atoms with E-state index < -0.39 is 5.54 Å². The number of rotatable bonds is 4. The van der Waals surface area contributed by atoms with Crippen LogP contribution in [-0.4, -0.2) is 16.7 Å². The first-order valence-corrected chi connectivity index (χ1v) is 6.02. The summed E-state index contributed by atoms with van der Waals surface area (Å²) >= 11 is 0. The minimum absolute atomic E-state index is 0.0665. The predicted molar refractivity (Wildman–Crippen MR) is 77.6 cm³/mol. The van der Waals surface area contributed by atoms with Gasteiger partial charge in [-0.15, -0.1) is 0 Å². The third-order valence-corrected chi connectivity index (χ3v) is 3.09. The fraction of sp³-hybridized carbons (Fsp3) is 0.214. The van der Waals surface area contributed by atoms with E-state index in [1.165, 1.54) is 0 Å². The van der Waals surface area contributed by atoms with Gasteiger partial charge in [0.05, 0.1) is 17.8 Å². The van der Waals surface area contributed by atoms with E-state index in [1.54, 1.807) is 12.1 Å². The van der Waals surface area contributed by atoms with Crippen molar-refractivity contribution >= 4 is 17.3 Å². The number of aliphatic hydroxyl groups excluding tert-OH is 1. The normalized spacial score (nSPS) is 13.8. The van der Waals surface area contributed by atoms with Crippen LogP contribution < -0.4 is 16.8 Å². The zero-order valence-electron chi connectivity index (χ0n) is 10.8. The molecular weight excluding hydrogens is 240 g/mol. The number of hydrogen-bond acceptors (Lipinski definition) is 5. The molecule has 2 aromatic rings. The maximum atomic E-state index is 9.68. The number of pyridine rings is 1. The smallest absolute Gasteiger partial charge is 0.149 e. The second-order valence-electron chi connectivity index (χ2n) is 4.65. The predicted octanol–water partition coefficient (Wildman–Crippen LogP) is 1.57. The number of nitrogens with one attached hydrogen (secondary N) is 1. The van der Waals surface area contributed by atoms with E-state index in [-0.39, 0.29) is 12.4 Å². The summed E-state index contributed by atoms with van der Waals surface area (Å²) in [5.41, 5.74) is 12.1. The van der Waals surface area contributed by atoms with Gasteiger partial charge in [0.1, 0.15) is 11.6 Å². The maximum Gasteiger partial charge on any atom is 0.149 e. The summed E-state index contributed by atoms with van der Waals surface area (Å²) in [7, 11) is 0. The minimum Gasteiger partial charge on any atom is -0.396 e. The van der Waals surface area contributed by atoms with Crippen molar-refractivity contribution in [2.45, 2.75) is 12.5 Å². The maximum absolute atomic E-state index is 9.68. The van der Waals surface area contributed by atoms with Crippen LogP contribution in [0.1, 0.15) is 12.5 Å². The Hall–Kier alpha value is -2.27. The highest BCUT2D eigenvalue weighted by Crippen LogP contribution is 2.26. The lowest BCUT2D eigenvalue weighted by atomic mass is 9.93. The van der Waals surface area contributed by atoms with Gasteiger partial charge in [-0.2, -0.15) is 0 Å². The molecule has 0 amide bonds. The molecule has 5 nitrogen and oxygen atoms in total. The Balaban J connectivity index is 2.30. The quantitative estimate of drug-likeness (QED) is 0.667. The molecule has 0 radical (unpaired) electrons. The Morgan fingerprint density at radius 1 is 1.16 bits per heavy atom. The number of aromatic nitrogens is 1. The van der Waals surface area contributed by atoms with Crippen molar-refractivity contribution in [3.63, 3.8) is 0 Å². The molecule has 100 valence electrons. The van der Waals surface area contributed by atoms with Gasteiger partial charge in [0, 0.05) is 0 Å². The van der Waals surface area contributed by atoms with Crippen LogP contribution in [0.4, 0.5) is 17.3 Å². The number of anilines is 3. The van der Waals surface area contributed by atoms with E-state index in [0.29, 0.717) is 11.5 Å². The van der Waals surface area contributed by atoms with E-state index in [0.717, 1.165) is 5.56 Å². The lowest BCUT2D eigenvalue weighted by molar-refractivity contribution is 0.223. The molecule has 1 atom stereocenters. The van der Waals surface area contributed by atoms with Crippen LogP contribution in [0.15, 0.2) is 42.5 Å². The highest BCUT2D eigenvalue weighted by atomic mass is 16.3. The summed E-state index contributed by atoms with van der Waals surface area (Å²) < 4.78 is 0. The molecule has 6 N–H and O–H groups in total. The van der Waals surface area contributed by atoms with Gasteiger partial charge >= 0.3 is 0 Å². The van der Waals surface area contributed by atoms with Crippen molar-refractivity contribution in [3.8, 4) is 0 Å². The van der Waals surface area contributed by atoms with Gasteiger partial charge < -0.3 is 21.9 Å². The zero-order valence-corrected chi connectivity index (χ0v) is 10.8. The lowest BCUT2D eigenvalue weighted by Gasteiger charge is -2.30. The molecule has 1 heterocycles. The Morgan fingerprint density at radius 2 is 1.84 bits per heavy atom. The van der Waals surface area contributed by atoms with Gasteiger partial charge in [-0.3, -0.25) is 0 Å². The molecule has 0 saturated heterocycles. The molecule has 0 bridgehead atoms. The monoisotopic (exact) mass is 258 g/mol. The van der Waals surface area contributed by atoms with E-state index >= 15 is 0 Å². The van der Waals surface area contributed by atoms with E-state index in [4.69, 9.17) is 11.5 Å². The summed E-state index contributed by atoms with van der Waals surface area (Å²) in [6.07, 6.45) is 0. The van der Waals surface area contributed by atoms with Crippen molar-refractivity contribution in [2.75, 3.05) is 23.4 Å². The molecule has 0 spiro atoms. The van der Waals surface area contributed by atoms with Crippen LogP contribution in [0.2, 0.25) is 0 Å². The van der Waals surface area contributed by atoms with Crippen molar-refractivity contribution < 1.29 is 5.11 Å². The molecule has 0 aliphatic carbocycles. The third kappa shape index (κ3) is 2.77. The fourth-order valence-corrected chi connectivity index (χ4v) is 1.85. The van der Waals surface area contributed by atoms with Gasteiger partial charge in [-0.1, -0.05) is 30.3 Å². The van der Waals surface area contributed by atoms with Crippen molar-refractivity contribution in [2.24, 2.45) is 0 Å². The number of nitrogens with two attached hydrogens (primary N) is 2. The molecule has 2 rings (SSSR count). The van der Waals surface area contributed by atoms with Gasteiger partial charge in [-0.05, 0) is 24.6 Å². The van der Waals surface area contributed by atoms with Crippen LogP contribution in [0, 0.1) is 0 Å². The average Bonchev–Trinajstić information content (AvgIpc) is 2.44. The summed E-state index contributed by atoms with van der Waals surface area (Å²) in [5, 5.41) is 12.9. The van der Waals surface area contributed by atoms with Crippen molar-refractivity contribution in [1.82, 2.24) is 4.98 Å². The first kappa shape index (κ1) is 13.2. The summed E-state index contributed by atoms with van der Waals surface area (Å²) in [6, 6.07) is 13.1. The standard InChI is InChI=1S/C14H18N4O/c1-14(9-19,10-5-3-2-4-6-10)18-12-8-7-11(15)13(16)17-12/h2-8,19H,9,15H2,1H3,(H3,16,17,18). The van der Waals surface area contributed by atoms with Crippen LogP contribution >= 0.6 is 0 Å². The molecule has 19 heavy (non-hydrogen) atoms. The molecule has 1 unspecified atom stereocenters. The average molecular weight is 258 g/mol. The van der Waals surface area contributed by atoms with Gasteiger partial charge in [0.25, 0.3) is 0 Å². The molecule has 0 fully saturated rings. The van der Waals surface area contributed by atoms with E-state index in [9.17, 15) is 5.11 Å². The number of hydrogen-bond donors (Lipinski definition) is 4. The highest BCUT2D eigenvalue weighted by Gasteiger charge is 2.25. The molecular formula is C14H18N4O. The van der Waals surface area contributed by atoms with Crippen LogP contribution in [0.3, 0.4) is 0 Å². The first-order chi connectivity index (χ1) is 9.05.